The molecule has 0 amide bonds. The Balaban J connectivity index is 4.17. The monoisotopic (exact) mass is 453 g/mol. The van der Waals surface area contributed by atoms with Crippen molar-refractivity contribution < 1.29 is 0 Å². The van der Waals surface area contributed by atoms with E-state index in [4.69, 9.17) is 0 Å². The van der Waals surface area contributed by atoms with E-state index in [1.54, 1.807) is 14.9 Å². The van der Waals surface area contributed by atoms with Crippen molar-refractivity contribution in [1.82, 2.24) is 14.7 Å². The first-order valence-corrected chi connectivity index (χ1v) is 18.0. The molecule has 0 aliphatic heterocycles. The molecule has 4 heteroatoms. The number of unbranched alkanes of at least 4 members (excludes halogenated alkanes) is 3. The van der Waals surface area contributed by atoms with Gasteiger partial charge in [-0.3, -0.25) is 0 Å². The average Bonchev–Trinajstić information content (AvgIpc) is 2.73. The Morgan fingerprint density at radius 3 is 0.857 bits per heavy atom. The van der Waals surface area contributed by atoms with E-state index in [9.17, 15) is 0 Å². The standard InChI is InChI=1S/3C8H18N.Ga/c3*1-4-7-8-9(5-2)6-3;/h3*1,4-8H2,2-3H3;. The predicted molar refractivity (Wildman–Crippen MR) is 131 cm³/mol. The summed E-state index contributed by atoms with van der Waals surface area (Å²) in [4.78, 5) is 12.7. The summed E-state index contributed by atoms with van der Waals surface area (Å²) in [5.41, 5.74) is 0. The number of hydrogen-bond donors (Lipinski definition) is 0. The normalized spacial score (nSPS) is 11.9. The van der Waals surface area contributed by atoms with Crippen LogP contribution in [-0.4, -0.2) is 89.8 Å². The molecule has 0 rings (SSSR count). The molecule has 0 bridgehead atoms. The van der Waals surface area contributed by atoms with Gasteiger partial charge in [-0.25, -0.2) is 0 Å². The average molecular weight is 454 g/mol. The van der Waals surface area contributed by atoms with Crippen LogP contribution in [0.25, 0.3) is 0 Å². The molecule has 0 spiro atoms. The Morgan fingerprint density at radius 2 is 0.643 bits per heavy atom. The molecular weight excluding hydrogens is 400 g/mol. The van der Waals surface area contributed by atoms with Gasteiger partial charge >= 0.3 is 185 Å². The SMILES string of the molecule is CCN(CC)CCC[CH2][Ga]([CH2]CCCN(CC)CC)[CH2]CCCN(CC)CC. The van der Waals surface area contributed by atoms with Gasteiger partial charge in [0.05, 0.1) is 0 Å². The Hall–Kier alpha value is 0.516. The molecule has 0 saturated carbocycles. The fourth-order valence-corrected chi connectivity index (χ4v) is 11.6. The zero-order valence-corrected chi connectivity index (χ0v) is 23.1. The summed E-state index contributed by atoms with van der Waals surface area (Å²) in [6.07, 6.45) is 8.82. The van der Waals surface area contributed by atoms with Crippen LogP contribution in [0.1, 0.15) is 80.1 Å². The zero-order valence-electron chi connectivity index (χ0n) is 20.6. The van der Waals surface area contributed by atoms with Gasteiger partial charge in [0.15, 0.2) is 0 Å². The van der Waals surface area contributed by atoms with E-state index in [2.05, 4.69) is 56.2 Å². The second-order valence-corrected chi connectivity index (χ2v) is 15.7. The van der Waals surface area contributed by atoms with Gasteiger partial charge in [0, 0.05) is 0 Å². The zero-order chi connectivity index (χ0) is 21.0. The van der Waals surface area contributed by atoms with E-state index in [1.165, 1.54) is 97.4 Å². The van der Waals surface area contributed by atoms with Crippen LogP contribution in [0.2, 0.25) is 14.9 Å². The van der Waals surface area contributed by atoms with Crippen LogP contribution in [0.3, 0.4) is 0 Å². The van der Waals surface area contributed by atoms with Crippen molar-refractivity contribution in [3.63, 3.8) is 0 Å². The van der Waals surface area contributed by atoms with Gasteiger partial charge < -0.3 is 0 Å². The quantitative estimate of drug-likeness (QED) is 0.159. The maximum atomic E-state index is 2.59. The van der Waals surface area contributed by atoms with Crippen LogP contribution in [0.5, 0.6) is 0 Å². The first-order valence-electron chi connectivity index (χ1n) is 12.8. The predicted octanol–water partition coefficient (Wildman–Crippen LogP) is 5.85. The third-order valence-corrected chi connectivity index (χ3v) is 14.4. The molecule has 168 valence electrons. The summed E-state index contributed by atoms with van der Waals surface area (Å²) in [5, 5.41) is 0. The molecule has 0 aromatic heterocycles. The summed E-state index contributed by atoms with van der Waals surface area (Å²) < 4.78 is 0. The summed E-state index contributed by atoms with van der Waals surface area (Å²) in [5.74, 6) is 0. The van der Waals surface area contributed by atoms with Gasteiger partial charge in [-0.1, -0.05) is 0 Å². The van der Waals surface area contributed by atoms with Crippen molar-refractivity contribution in [2.24, 2.45) is 0 Å². The first-order chi connectivity index (χ1) is 13.6. The van der Waals surface area contributed by atoms with Crippen molar-refractivity contribution in [3.8, 4) is 0 Å². The maximum absolute atomic E-state index is 2.59. The Bertz CT molecular complexity index is 255. The fraction of sp³-hybridized carbons (Fsp3) is 1.00. The summed E-state index contributed by atoms with van der Waals surface area (Å²) in [6, 6.07) is 0. The van der Waals surface area contributed by atoms with Gasteiger partial charge in [0.2, 0.25) is 0 Å². The third kappa shape index (κ3) is 15.4. The molecule has 0 aromatic rings. The first kappa shape index (κ1) is 28.5. The second-order valence-electron chi connectivity index (χ2n) is 8.43. The molecule has 0 aromatic carbocycles. The molecule has 0 radical (unpaired) electrons. The van der Waals surface area contributed by atoms with E-state index in [0.29, 0.717) is 0 Å². The van der Waals surface area contributed by atoms with Gasteiger partial charge in [-0.05, 0) is 0 Å². The Morgan fingerprint density at radius 1 is 0.393 bits per heavy atom. The summed E-state index contributed by atoms with van der Waals surface area (Å²) in [6.45, 7) is 25.1. The third-order valence-electron chi connectivity index (χ3n) is 6.69. The Labute approximate surface area is 184 Å². The minimum atomic E-state index is -1.05. The van der Waals surface area contributed by atoms with Gasteiger partial charge in [-0.15, -0.1) is 0 Å². The van der Waals surface area contributed by atoms with Crippen molar-refractivity contribution >= 4 is 16.2 Å². The molecule has 0 atom stereocenters. The van der Waals surface area contributed by atoms with Crippen molar-refractivity contribution in [2.45, 2.75) is 95.0 Å². The molecule has 0 heterocycles. The van der Waals surface area contributed by atoms with Gasteiger partial charge in [0.1, 0.15) is 0 Å². The van der Waals surface area contributed by atoms with Crippen LogP contribution >= 0.6 is 0 Å². The molecule has 3 nitrogen and oxygen atoms in total. The molecule has 0 N–H and O–H groups in total. The van der Waals surface area contributed by atoms with Crippen molar-refractivity contribution in [3.05, 3.63) is 0 Å². The van der Waals surface area contributed by atoms with E-state index in [0.717, 1.165) is 0 Å². The van der Waals surface area contributed by atoms with Crippen molar-refractivity contribution in [1.29, 1.82) is 0 Å². The number of nitrogens with zero attached hydrogens (tertiary/aromatic N) is 3. The van der Waals surface area contributed by atoms with Crippen LogP contribution in [0.15, 0.2) is 0 Å². The van der Waals surface area contributed by atoms with E-state index < -0.39 is 16.2 Å². The molecule has 0 aliphatic carbocycles. The topological polar surface area (TPSA) is 9.72 Å². The summed E-state index contributed by atoms with van der Waals surface area (Å²) >= 11 is -1.05. The molecule has 0 unspecified atom stereocenters. The molecular formula is C24H54GaN3. The molecule has 28 heavy (non-hydrogen) atoms. The molecule has 0 aliphatic rings. The Kier molecular flexibility index (Phi) is 21.2. The van der Waals surface area contributed by atoms with E-state index >= 15 is 0 Å². The summed E-state index contributed by atoms with van der Waals surface area (Å²) in [7, 11) is 0. The minimum absolute atomic E-state index is 1.05. The number of rotatable bonds is 21. The second kappa shape index (κ2) is 20.8. The van der Waals surface area contributed by atoms with E-state index in [1.807, 2.05) is 0 Å². The van der Waals surface area contributed by atoms with E-state index in [-0.39, 0.29) is 0 Å². The van der Waals surface area contributed by atoms with Crippen LogP contribution < -0.4 is 0 Å². The van der Waals surface area contributed by atoms with Crippen LogP contribution in [-0.2, 0) is 0 Å². The molecule has 0 saturated heterocycles. The van der Waals surface area contributed by atoms with Gasteiger partial charge in [-0.2, -0.15) is 0 Å². The van der Waals surface area contributed by atoms with Crippen molar-refractivity contribution in [2.75, 3.05) is 58.9 Å². The fourth-order valence-electron chi connectivity index (χ4n) is 4.36. The van der Waals surface area contributed by atoms with Crippen LogP contribution in [0, 0.1) is 0 Å². The molecule has 0 fully saturated rings. The number of hydrogen-bond acceptors (Lipinski definition) is 3. The van der Waals surface area contributed by atoms with Gasteiger partial charge in [0.25, 0.3) is 0 Å². The van der Waals surface area contributed by atoms with Crippen LogP contribution in [0.4, 0.5) is 0 Å².